The van der Waals surface area contributed by atoms with E-state index in [2.05, 4.69) is 33.9 Å². The lowest BCUT2D eigenvalue weighted by molar-refractivity contribution is -0.387. The van der Waals surface area contributed by atoms with Crippen LogP contribution in [0, 0.1) is 28.6 Å². The first-order valence-electron chi connectivity index (χ1n) is 15.6. The average molecular weight is 591 g/mol. The second-order valence-corrected chi connectivity index (χ2v) is 21.1. The van der Waals surface area contributed by atoms with Crippen LogP contribution in [0.25, 0.3) is 0 Å². The van der Waals surface area contributed by atoms with Gasteiger partial charge in [0.05, 0.1) is 35.4 Å². The first-order chi connectivity index (χ1) is 18.8. The molecule has 6 rings (SSSR count). The summed E-state index contributed by atoms with van der Waals surface area (Å²) in [7, 11) is -2.13. The molecule has 8 nitrogen and oxygen atoms in total. The van der Waals surface area contributed by atoms with Crippen molar-refractivity contribution >= 4 is 20.1 Å². The molecule has 230 valence electrons. The van der Waals surface area contributed by atoms with Crippen molar-refractivity contribution < 1.29 is 38.4 Å². The number of ketones is 1. The van der Waals surface area contributed by atoms with E-state index in [4.69, 9.17) is 18.6 Å². The Morgan fingerprint density at radius 1 is 1.07 bits per heavy atom. The SMILES string of the molecule is CC1(C)OC[C@]23[C@@H](C[C@H](O[Si](C)(C)C(C)(C)C)C[C@@]2(O)CC[C@@H]2[C@@H]3C(=O)C[C@]3(C)[C@@H](C4=CC(=O)OC4)CC[C@]23O)O1. The number of fused-ring (bicyclic) bond motifs is 3. The van der Waals surface area contributed by atoms with Gasteiger partial charge in [0, 0.05) is 30.3 Å². The van der Waals surface area contributed by atoms with E-state index < -0.39 is 48.2 Å². The minimum absolute atomic E-state index is 0.0219. The van der Waals surface area contributed by atoms with Crippen LogP contribution in [0.15, 0.2) is 11.6 Å². The van der Waals surface area contributed by atoms with Gasteiger partial charge in [-0.05, 0) is 81.5 Å². The van der Waals surface area contributed by atoms with Gasteiger partial charge in [0.1, 0.15) is 12.4 Å². The molecule has 0 radical (unpaired) electrons. The monoisotopic (exact) mass is 590 g/mol. The number of esters is 1. The Labute approximate surface area is 245 Å². The summed E-state index contributed by atoms with van der Waals surface area (Å²) in [5, 5.41) is 25.4. The Kier molecular flexibility index (Phi) is 6.55. The molecule has 0 aromatic heterocycles. The Morgan fingerprint density at radius 2 is 1.78 bits per heavy atom. The number of rotatable bonds is 3. The summed E-state index contributed by atoms with van der Waals surface area (Å²) in [4.78, 5) is 26.4. The lowest BCUT2D eigenvalue weighted by Crippen LogP contribution is -2.77. The van der Waals surface area contributed by atoms with Crippen LogP contribution in [0.4, 0.5) is 0 Å². The normalized spacial score (nSPS) is 47.6. The number of hydrogen-bond acceptors (Lipinski definition) is 8. The molecule has 2 N–H and O–H groups in total. The zero-order valence-electron chi connectivity index (χ0n) is 26.2. The van der Waals surface area contributed by atoms with E-state index in [0.29, 0.717) is 38.5 Å². The molecular formula is C32H50O8Si. The molecule has 41 heavy (non-hydrogen) atoms. The Hall–Kier alpha value is -1.10. The Morgan fingerprint density at radius 3 is 2.41 bits per heavy atom. The highest BCUT2D eigenvalue weighted by Crippen LogP contribution is 2.71. The predicted octanol–water partition coefficient (Wildman–Crippen LogP) is 4.67. The number of ether oxygens (including phenoxy) is 3. The number of hydrogen-bond donors (Lipinski definition) is 2. The third kappa shape index (κ3) is 4.08. The molecule has 9 atom stereocenters. The van der Waals surface area contributed by atoms with Gasteiger partial charge >= 0.3 is 5.97 Å². The van der Waals surface area contributed by atoms with Crippen LogP contribution in [-0.2, 0) is 28.2 Å². The fourth-order valence-corrected chi connectivity index (χ4v) is 11.2. The summed E-state index contributed by atoms with van der Waals surface area (Å²) >= 11 is 0. The molecule has 1 saturated heterocycles. The minimum atomic E-state index is -2.13. The molecule has 4 saturated carbocycles. The first kappa shape index (κ1) is 29.9. The van der Waals surface area contributed by atoms with Crippen molar-refractivity contribution in [2.24, 2.45) is 28.6 Å². The summed E-state index contributed by atoms with van der Waals surface area (Å²) < 4.78 is 25.1. The van der Waals surface area contributed by atoms with E-state index in [1.807, 2.05) is 20.8 Å². The molecule has 6 aliphatic rings. The lowest BCUT2D eigenvalue weighted by atomic mass is 9.40. The highest BCUT2D eigenvalue weighted by atomic mass is 28.4. The van der Waals surface area contributed by atoms with E-state index in [1.54, 1.807) is 6.08 Å². The van der Waals surface area contributed by atoms with Gasteiger partial charge in [0.25, 0.3) is 0 Å². The predicted molar refractivity (Wildman–Crippen MR) is 154 cm³/mol. The largest absolute Gasteiger partial charge is 0.458 e. The highest BCUT2D eigenvalue weighted by molar-refractivity contribution is 6.74. The number of aliphatic hydroxyl groups is 2. The molecule has 4 aliphatic carbocycles. The van der Waals surface area contributed by atoms with Crippen molar-refractivity contribution in [2.45, 2.75) is 134 Å². The molecule has 0 aromatic rings. The van der Waals surface area contributed by atoms with Gasteiger partial charge in [-0.1, -0.05) is 27.7 Å². The van der Waals surface area contributed by atoms with E-state index in [0.717, 1.165) is 5.57 Å². The third-order valence-corrected chi connectivity index (χ3v) is 17.4. The van der Waals surface area contributed by atoms with E-state index >= 15 is 0 Å². The molecular weight excluding hydrogens is 540 g/mol. The van der Waals surface area contributed by atoms with Gasteiger partial charge < -0.3 is 28.8 Å². The number of carbonyl (C=O) groups excluding carboxylic acids is 2. The second-order valence-electron chi connectivity index (χ2n) is 16.3. The summed E-state index contributed by atoms with van der Waals surface area (Å²) in [6, 6.07) is 0. The molecule has 1 spiro atoms. The fourth-order valence-electron chi connectivity index (χ4n) is 9.80. The highest BCUT2D eigenvalue weighted by Gasteiger charge is 2.77. The van der Waals surface area contributed by atoms with Crippen LogP contribution in [-0.4, -0.2) is 72.7 Å². The zero-order chi connectivity index (χ0) is 30.0. The van der Waals surface area contributed by atoms with Crippen LogP contribution < -0.4 is 0 Å². The van der Waals surface area contributed by atoms with Gasteiger partial charge in [0.2, 0.25) is 0 Å². The first-order valence-corrected chi connectivity index (χ1v) is 18.5. The maximum atomic E-state index is 14.5. The molecule has 2 heterocycles. The average Bonchev–Trinajstić information content (AvgIpc) is 3.36. The van der Waals surface area contributed by atoms with Crippen LogP contribution in [0.3, 0.4) is 0 Å². The van der Waals surface area contributed by atoms with Gasteiger partial charge in [-0.25, -0.2) is 4.79 Å². The van der Waals surface area contributed by atoms with Crippen molar-refractivity contribution in [1.29, 1.82) is 0 Å². The summed E-state index contributed by atoms with van der Waals surface area (Å²) in [6.45, 7) is 17.4. The molecule has 0 unspecified atom stereocenters. The van der Waals surface area contributed by atoms with Crippen LogP contribution in [0.2, 0.25) is 18.1 Å². The third-order valence-electron chi connectivity index (χ3n) is 12.9. The fraction of sp³-hybridized carbons (Fsp3) is 0.875. The van der Waals surface area contributed by atoms with E-state index in [9.17, 15) is 19.8 Å². The number of cyclic esters (lactones) is 1. The standard InChI is InChI=1S/C32H50O8Si/c1-27(2,3)41(7,8)40-20-14-24-31(18-38-28(4,5)39-24)26-22(9-11-30(31,35)15-20)32(36)12-10-21(19-13-25(34)37-17-19)29(32,6)16-23(26)33/h13,20-22,24,26,35-36H,9-12,14-18H2,1-8H3/t20-,21+,22+,24+,26+,29+,30-,31+,32-/m0/s1. The van der Waals surface area contributed by atoms with Crippen molar-refractivity contribution in [3.63, 3.8) is 0 Å². The quantitative estimate of drug-likeness (QED) is 0.360. The Bertz CT molecular complexity index is 1170. The van der Waals surface area contributed by atoms with Crippen molar-refractivity contribution in [2.75, 3.05) is 13.2 Å². The van der Waals surface area contributed by atoms with Crippen molar-refractivity contribution in [3.8, 4) is 0 Å². The molecule has 5 fully saturated rings. The molecule has 2 aliphatic heterocycles. The molecule has 0 amide bonds. The summed E-state index contributed by atoms with van der Waals surface area (Å²) in [5.74, 6) is -2.14. The van der Waals surface area contributed by atoms with Gasteiger partial charge in [-0.15, -0.1) is 0 Å². The van der Waals surface area contributed by atoms with Gasteiger partial charge in [0.15, 0.2) is 14.1 Å². The van der Waals surface area contributed by atoms with E-state index in [1.165, 1.54) is 0 Å². The molecule has 0 aromatic carbocycles. The molecule has 9 heteroatoms. The van der Waals surface area contributed by atoms with Gasteiger partial charge in [-0.2, -0.15) is 0 Å². The topological polar surface area (TPSA) is 112 Å². The Balaban J connectivity index is 1.39. The smallest absolute Gasteiger partial charge is 0.331 e. The van der Waals surface area contributed by atoms with E-state index in [-0.39, 0.29) is 54.4 Å². The van der Waals surface area contributed by atoms with Crippen LogP contribution >= 0.6 is 0 Å². The maximum absolute atomic E-state index is 14.5. The van der Waals surface area contributed by atoms with Crippen molar-refractivity contribution in [1.82, 2.24) is 0 Å². The molecule has 0 bridgehead atoms. The summed E-state index contributed by atoms with van der Waals surface area (Å²) in [6.07, 6.45) is 4.41. The van der Waals surface area contributed by atoms with Crippen molar-refractivity contribution in [3.05, 3.63) is 11.6 Å². The second kappa shape index (κ2) is 8.97. The minimum Gasteiger partial charge on any atom is -0.458 e. The number of Topliss-reactive ketones (excluding diaryl/α,β-unsaturated/α-hetero) is 1. The number of carbonyl (C=O) groups is 2. The van der Waals surface area contributed by atoms with Crippen LogP contribution in [0.1, 0.15) is 86.5 Å². The summed E-state index contributed by atoms with van der Waals surface area (Å²) in [5.41, 5.74) is -3.10. The van der Waals surface area contributed by atoms with Gasteiger partial charge in [-0.3, -0.25) is 4.79 Å². The lowest BCUT2D eigenvalue weighted by Gasteiger charge is -2.69. The zero-order valence-corrected chi connectivity index (χ0v) is 27.2. The maximum Gasteiger partial charge on any atom is 0.331 e. The van der Waals surface area contributed by atoms with Crippen LogP contribution in [0.5, 0.6) is 0 Å².